The van der Waals surface area contributed by atoms with Crippen molar-refractivity contribution in [2.24, 2.45) is 5.14 Å². The van der Waals surface area contributed by atoms with Gasteiger partial charge in [-0.3, -0.25) is 4.79 Å². The van der Waals surface area contributed by atoms with E-state index < -0.39 is 10.0 Å². The molecule has 0 saturated carbocycles. The first-order valence-electron chi connectivity index (χ1n) is 7.23. The van der Waals surface area contributed by atoms with E-state index in [-0.39, 0.29) is 17.0 Å². The maximum Gasteiger partial charge on any atom is 0.255 e. The monoisotopic (exact) mass is 331 g/mol. The number of hydrogen-bond acceptors (Lipinski definition) is 4. The molecule has 0 aliphatic carbocycles. The van der Waals surface area contributed by atoms with E-state index in [2.05, 4.69) is 11.1 Å². The minimum atomic E-state index is -3.86. The van der Waals surface area contributed by atoms with Gasteiger partial charge in [-0.15, -0.1) is 0 Å². The highest BCUT2D eigenvalue weighted by Gasteiger charge is 2.27. The second-order valence-corrected chi connectivity index (χ2v) is 7.19. The second-order valence-electron chi connectivity index (χ2n) is 5.69. The Morgan fingerprint density at radius 3 is 2.52 bits per heavy atom. The maximum atomic E-state index is 12.7. The number of nitrogens with zero attached hydrogens (tertiary/aromatic N) is 2. The highest BCUT2D eigenvalue weighted by atomic mass is 32.2. The SMILES string of the molecule is C[C@@H]1Cc2ccccc2CN1C(=O)c1ccc(S(N)(=O)=O)nc1. The predicted molar refractivity (Wildman–Crippen MR) is 85.1 cm³/mol. The van der Waals surface area contributed by atoms with Crippen molar-refractivity contribution < 1.29 is 13.2 Å². The Kier molecular flexibility index (Phi) is 3.91. The topological polar surface area (TPSA) is 93.4 Å². The molecule has 120 valence electrons. The minimum Gasteiger partial charge on any atom is -0.331 e. The molecule has 1 amide bonds. The third kappa shape index (κ3) is 3.11. The fourth-order valence-corrected chi connectivity index (χ4v) is 3.25. The molecule has 3 rings (SSSR count). The van der Waals surface area contributed by atoms with E-state index in [4.69, 9.17) is 5.14 Å². The van der Waals surface area contributed by atoms with Gasteiger partial charge in [0.15, 0.2) is 5.03 Å². The van der Waals surface area contributed by atoms with Crippen molar-refractivity contribution >= 4 is 15.9 Å². The van der Waals surface area contributed by atoms with Crippen LogP contribution in [-0.4, -0.2) is 30.3 Å². The zero-order valence-corrected chi connectivity index (χ0v) is 13.5. The van der Waals surface area contributed by atoms with Gasteiger partial charge in [0.05, 0.1) is 5.56 Å². The van der Waals surface area contributed by atoms with Gasteiger partial charge in [-0.05, 0) is 36.6 Å². The number of hydrogen-bond donors (Lipinski definition) is 1. The Balaban J connectivity index is 1.86. The molecule has 2 N–H and O–H groups in total. The molecule has 1 aliphatic heterocycles. The first kappa shape index (κ1) is 15.6. The van der Waals surface area contributed by atoms with E-state index in [1.54, 1.807) is 4.90 Å². The summed E-state index contributed by atoms with van der Waals surface area (Å²) in [5.41, 5.74) is 2.74. The number of nitrogens with two attached hydrogens (primary N) is 1. The normalized spacial score (nSPS) is 17.7. The second kappa shape index (κ2) is 5.75. The Morgan fingerprint density at radius 2 is 1.91 bits per heavy atom. The fourth-order valence-electron chi connectivity index (χ4n) is 2.79. The molecule has 6 nitrogen and oxygen atoms in total. The molecule has 23 heavy (non-hydrogen) atoms. The summed E-state index contributed by atoms with van der Waals surface area (Å²) in [6, 6.07) is 10.8. The van der Waals surface area contributed by atoms with Crippen molar-refractivity contribution in [2.45, 2.75) is 31.0 Å². The van der Waals surface area contributed by atoms with Crippen molar-refractivity contribution in [3.05, 3.63) is 59.3 Å². The number of aromatic nitrogens is 1. The number of carbonyl (C=O) groups excluding carboxylic acids is 1. The Hall–Kier alpha value is -2.25. The number of primary sulfonamides is 1. The molecule has 7 heteroatoms. The zero-order chi connectivity index (χ0) is 16.6. The summed E-state index contributed by atoms with van der Waals surface area (Å²) >= 11 is 0. The van der Waals surface area contributed by atoms with Crippen LogP contribution in [0.2, 0.25) is 0 Å². The van der Waals surface area contributed by atoms with Crippen LogP contribution >= 0.6 is 0 Å². The van der Waals surface area contributed by atoms with Crippen LogP contribution in [0.3, 0.4) is 0 Å². The van der Waals surface area contributed by atoms with Crippen LogP contribution in [0, 0.1) is 0 Å². The minimum absolute atomic E-state index is 0.0651. The number of rotatable bonds is 2. The molecule has 0 radical (unpaired) electrons. The molecule has 2 aromatic rings. The van der Waals surface area contributed by atoms with Crippen LogP contribution in [0.5, 0.6) is 0 Å². The zero-order valence-electron chi connectivity index (χ0n) is 12.6. The van der Waals surface area contributed by atoms with Gasteiger partial charge in [-0.2, -0.15) is 0 Å². The van der Waals surface area contributed by atoms with E-state index >= 15 is 0 Å². The lowest BCUT2D eigenvalue weighted by Gasteiger charge is -2.35. The Bertz CT molecular complexity index is 847. The van der Waals surface area contributed by atoms with Gasteiger partial charge in [0, 0.05) is 18.8 Å². The predicted octanol–water partition coefficient (Wildman–Crippen LogP) is 1.32. The molecule has 1 aromatic heterocycles. The summed E-state index contributed by atoms with van der Waals surface area (Å²) < 4.78 is 22.4. The van der Waals surface area contributed by atoms with Crippen molar-refractivity contribution in [1.29, 1.82) is 0 Å². The van der Waals surface area contributed by atoms with Crippen molar-refractivity contribution in [1.82, 2.24) is 9.88 Å². The van der Waals surface area contributed by atoms with E-state index in [0.29, 0.717) is 12.1 Å². The Labute approximate surface area is 135 Å². The lowest BCUT2D eigenvalue weighted by molar-refractivity contribution is 0.0657. The van der Waals surface area contributed by atoms with Gasteiger partial charge in [-0.1, -0.05) is 24.3 Å². The quantitative estimate of drug-likeness (QED) is 0.898. The number of sulfonamides is 1. The highest BCUT2D eigenvalue weighted by molar-refractivity contribution is 7.89. The smallest absolute Gasteiger partial charge is 0.255 e. The van der Waals surface area contributed by atoms with Gasteiger partial charge in [0.1, 0.15) is 0 Å². The van der Waals surface area contributed by atoms with E-state index in [1.807, 2.05) is 25.1 Å². The average Bonchev–Trinajstić information content (AvgIpc) is 2.53. The van der Waals surface area contributed by atoms with Gasteiger partial charge in [0.25, 0.3) is 15.9 Å². The first-order valence-corrected chi connectivity index (χ1v) is 8.77. The highest BCUT2D eigenvalue weighted by Crippen LogP contribution is 2.24. The summed E-state index contributed by atoms with van der Waals surface area (Å²) in [6.45, 7) is 2.53. The van der Waals surface area contributed by atoms with Gasteiger partial charge < -0.3 is 4.90 Å². The van der Waals surface area contributed by atoms with Crippen molar-refractivity contribution in [3.63, 3.8) is 0 Å². The molecule has 1 atom stereocenters. The molecule has 0 fully saturated rings. The number of carbonyl (C=O) groups is 1. The van der Waals surface area contributed by atoms with Crippen LogP contribution in [0.4, 0.5) is 0 Å². The fraction of sp³-hybridized carbons (Fsp3) is 0.250. The third-order valence-corrected chi connectivity index (χ3v) is 4.87. The van der Waals surface area contributed by atoms with Crippen LogP contribution in [0.15, 0.2) is 47.6 Å². The summed E-state index contributed by atoms with van der Waals surface area (Å²) in [4.78, 5) is 18.2. The van der Waals surface area contributed by atoms with Crippen LogP contribution in [0.1, 0.15) is 28.4 Å². The number of amides is 1. The average molecular weight is 331 g/mol. The lowest BCUT2D eigenvalue weighted by Crippen LogP contribution is -2.42. The van der Waals surface area contributed by atoms with E-state index in [1.165, 1.54) is 23.9 Å². The molecule has 0 bridgehead atoms. The Morgan fingerprint density at radius 1 is 1.22 bits per heavy atom. The van der Waals surface area contributed by atoms with Crippen molar-refractivity contribution in [3.8, 4) is 0 Å². The molecule has 0 spiro atoms. The van der Waals surface area contributed by atoms with Crippen LogP contribution in [-0.2, 0) is 23.0 Å². The van der Waals surface area contributed by atoms with Gasteiger partial charge in [-0.25, -0.2) is 18.5 Å². The lowest BCUT2D eigenvalue weighted by atomic mass is 9.94. The summed E-state index contributed by atoms with van der Waals surface area (Å²) in [7, 11) is -3.86. The summed E-state index contributed by atoms with van der Waals surface area (Å²) in [5.74, 6) is -0.166. The molecule has 2 heterocycles. The molecular formula is C16H17N3O3S. The first-order chi connectivity index (χ1) is 10.9. The third-order valence-electron chi connectivity index (χ3n) is 4.04. The molecule has 1 aliphatic rings. The van der Waals surface area contributed by atoms with Crippen LogP contribution in [0.25, 0.3) is 0 Å². The standard InChI is InChI=1S/C16H17N3O3S/c1-11-8-12-4-2-3-5-14(12)10-19(11)16(20)13-6-7-15(18-9-13)23(17,21)22/h2-7,9,11H,8,10H2,1H3,(H2,17,21,22)/t11-/m1/s1. The van der Waals surface area contributed by atoms with Gasteiger partial charge >= 0.3 is 0 Å². The largest absolute Gasteiger partial charge is 0.331 e. The van der Waals surface area contributed by atoms with Crippen molar-refractivity contribution in [2.75, 3.05) is 0 Å². The van der Waals surface area contributed by atoms with E-state index in [9.17, 15) is 13.2 Å². The molecule has 0 saturated heterocycles. The maximum absolute atomic E-state index is 12.7. The number of benzene rings is 1. The number of fused-ring (bicyclic) bond motifs is 1. The summed E-state index contributed by atoms with van der Waals surface area (Å²) in [6.07, 6.45) is 2.06. The van der Waals surface area contributed by atoms with Gasteiger partial charge in [0.2, 0.25) is 0 Å². The van der Waals surface area contributed by atoms with Crippen LogP contribution < -0.4 is 5.14 Å². The summed E-state index contributed by atoms with van der Waals surface area (Å²) in [5, 5.41) is 4.77. The molecule has 0 unspecified atom stereocenters. The molecule has 1 aromatic carbocycles. The molecular weight excluding hydrogens is 314 g/mol. The van der Waals surface area contributed by atoms with E-state index in [0.717, 1.165) is 12.0 Å². The number of pyridine rings is 1.